The number of rotatable bonds is 4. The second-order valence-corrected chi connectivity index (χ2v) is 3.87. The fraction of sp³-hybridized carbons (Fsp3) is 0.364. The molecule has 0 fully saturated rings. The minimum atomic E-state index is -4.48. The molecular formula is C11H10ClF3N2O. The Hall–Kier alpha value is -1.45. The van der Waals surface area contributed by atoms with Crippen molar-refractivity contribution in [1.29, 1.82) is 5.26 Å². The molecule has 0 saturated heterocycles. The predicted octanol–water partition coefficient (Wildman–Crippen LogP) is 2.59. The van der Waals surface area contributed by atoms with Crippen LogP contribution < -0.4 is 5.32 Å². The van der Waals surface area contributed by atoms with E-state index in [2.05, 4.69) is 5.32 Å². The van der Waals surface area contributed by atoms with Gasteiger partial charge in [-0.15, -0.1) is 11.6 Å². The number of aliphatic hydroxyl groups is 1. The molecule has 0 radical (unpaired) electrons. The first-order chi connectivity index (χ1) is 8.38. The normalized spacial score (nSPS) is 12.9. The maximum atomic E-state index is 12.5. The van der Waals surface area contributed by atoms with Crippen molar-refractivity contribution in [3.8, 4) is 6.07 Å². The zero-order valence-corrected chi connectivity index (χ0v) is 9.89. The fourth-order valence-corrected chi connectivity index (χ4v) is 1.36. The number of anilines is 1. The number of hydrogen-bond acceptors (Lipinski definition) is 3. The summed E-state index contributed by atoms with van der Waals surface area (Å²) in [6.45, 7) is -0.0283. The highest BCUT2D eigenvalue weighted by molar-refractivity contribution is 6.18. The molecular weight excluding hydrogens is 269 g/mol. The van der Waals surface area contributed by atoms with Crippen molar-refractivity contribution in [2.75, 3.05) is 17.7 Å². The molecule has 0 amide bonds. The van der Waals surface area contributed by atoms with Gasteiger partial charge < -0.3 is 10.4 Å². The van der Waals surface area contributed by atoms with Crippen molar-refractivity contribution < 1.29 is 18.3 Å². The van der Waals surface area contributed by atoms with Gasteiger partial charge in [-0.05, 0) is 18.2 Å². The number of nitrogens with one attached hydrogen (secondary N) is 1. The van der Waals surface area contributed by atoms with Crippen molar-refractivity contribution >= 4 is 17.3 Å². The van der Waals surface area contributed by atoms with Crippen molar-refractivity contribution in [1.82, 2.24) is 0 Å². The highest BCUT2D eigenvalue weighted by atomic mass is 35.5. The Morgan fingerprint density at radius 1 is 1.44 bits per heavy atom. The predicted molar refractivity (Wildman–Crippen MR) is 61.4 cm³/mol. The molecule has 98 valence electrons. The lowest BCUT2D eigenvalue weighted by molar-refractivity contribution is -0.137. The van der Waals surface area contributed by atoms with Gasteiger partial charge in [-0.25, -0.2) is 0 Å². The van der Waals surface area contributed by atoms with Crippen LogP contribution in [0.25, 0.3) is 0 Å². The van der Waals surface area contributed by atoms with Crippen molar-refractivity contribution in [2.45, 2.75) is 12.3 Å². The molecule has 0 spiro atoms. The minimum absolute atomic E-state index is 0.0245. The number of alkyl halides is 4. The standard InChI is InChI=1S/C11H10ClF3N2O/c12-4-9(18)6-17-10-3-8(11(13,14)15)2-1-7(10)5-16/h1-3,9,17-18H,4,6H2. The summed E-state index contributed by atoms with van der Waals surface area (Å²) in [6.07, 6.45) is -5.37. The Bertz CT molecular complexity index is 457. The number of nitriles is 1. The summed E-state index contributed by atoms with van der Waals surface area (Å²) in [6, 6.07) is 4.52. The Morgan fingerprint density at radius 3 is 2.61 bits per heavy atom. The number of halogens is 4. The summed E-state index contributed by atoms with van der Waals surface area (Å²) >= 11 is 5.36. The minimum Gasteiger partial charge on any atom is -0.390 e. The van der Waals surface area contributed by atoms with Gasteiger partial charge in [-0.2, -0.15) is 18.4 Å². The van der Waals surface area contributed by atoms with E-state index in [9.17, 15) is 18.3 Å². The zero-order chi connectivity index (χ0) is 13.8. The van der Waals surface area contributed by atoms with Gasteiger partial charge in [0.25, 0.3) is 0 Å². The van der Waals surface area contributed by atoms with Crippen LogP contribution in [0.15, 0.2) is 18.2 Å². The highest BCUT2D eigenvalue weighted by Crippen LogP contribution is 2.32. The van der Waals surface area contributed by atoms with E-state index in [0.29, 0.717) is 0 Å². The topological polar surface area (TPSA) is 56.0 Å². The molecule has 3 nitrogen and oxygen atoms in total. The quantitative estimate of drug-likeness (QED) is 0.833. The molecule has 0 aromatic heterocycles. The number of nitrogens with zero attached hydrogens (tertiary/aromatic N) is 1. The second kappa shape index (κ2) is 5.94. The summed E-state index contributed by atoms with van der Waals surface area (Å²) in [4.78, 5) is 0. The average molecular weight is 279 g/mol. The molecule has 7 heteroatoms. The molecule has 1 rings (SSSR count). The van der Waals surface area contributed by atoms with Gasteiger partial charge >= 0.3 is 6.18 Å². The van der Waals surface area contributed by atoms with E-state index in [1.807, 2.05) is 0 Å². The highest BCUT2D eigenvalue weighted by Gasteiger charge is 2.31. The van der Waals surface area contributed by atoms with Crippen molar-refractivity contribution in [3.63, 3.8) is 0 Å². The maximum absolute atomic E-state index is 12.5. The molecule has 1 aromatic carbocycles. The molecule has 0 aliphatic heterocycles. The van der Waals surface area contributed by atoms with Crippen LogP contribution in [-0.4, -0.2) is 23.6 Å². The lowest BCUT2D eigenvalue weighted by atomic mass is 10.1. The number of aliphatic hydroxyl groups excluding tert-OH is 1. The van der Waals surface area contributed by atoms with Gasteiger partial charge in [-0.3, -0.25) is 0 Å². The smallest absolute Gasteiger partial charge is 0.390 e. The van der Waals surface area contributed by atoms with Crippen LogP contribution in [0.1, 0.15) is 11.1 Å². The molecule has 18 heavy (non-hydrogen) atoms. The first kappa shape index (κ1) is 14.6. The Labute approximate surface area is 107 Å². The van der Waals surface area contributed by atoms with E-state index in [4.69, 9.17) is 16.9 Å². The van der Waals surface area contributed by atoms with Gasteiger partial charge in [0, 0.05) is 6.54 Å². The summed E-state index contributed by atoms with van der Waals surface area (Å²) < 4.78 is 37.5. The first-order valence-corrected chi connectivity index (χ1v) is 5.51. The molecule has 0 heterocycles. The van der Waals surface area contributed by atoms with E-state index in [1.165, 1.54) is 0 Å². The van der Waals surface area contributed by atoms with E-state index in [-0.39, 0.29) is 23.7 Å². The first-order valence-electron chi connectivity index (χ1n) is 4.97. The molecule has 0 aliphatic rings. The summed E-state index contributed by atoms with van der Waals surface area (Å²) in [7, 11) is 0. The second-order valence-electron chi connectivity index (χ2n) is 3.56. The third kappa shape index (κ3) is 3.79. The Kier molecular flexibility index (Phi) is 4.82. The molecule has 0 bridgehead atoms. The van der Waals surface area contributed by atoms with Gasteiger partial charge in [0.15, 0.2) is 0 Å². The summed E-state index contributed by atoms with van der Waals surface area (Å²) in [5, 5.41) is 20.6. The van der Waals surface area contributed by atoms with Gasteiger partial charge in [0.2, 0.25) is 0 Å². The third-order valence-corrected chi connectivity index (χ3v) is 2.53. The molecule has 2 N–H and O–H groups in total. The SMILES string of the molecule is N#Cc1ccc(C(F)(F)F)cc1NCC(O)CCl. The van der Waals surface area contributed by atoms with Gasteiger partial charge in [0.05, 0.1) is 28.8 Å². The summed E-state index contributed by atoms with van der Waals surface area (Å²) in [5.74, 6) is -0.0478. The van der Waals surface area contributed by atoms with Crippen LogP contribution in [0.5, 0.6) is 0 Å². The van der Waals surface area contributed by atoms with Crippen LogP contribution in [0.4, 0.5) is 18.9 Å². The monoisotopic (exact) mass is 278 g/mol. The molecule has 1 atom stereocenters. The van der Waals surface area contributed by atoms with E-state index >= 15 is 0 Å². The van der Waals surface area contributed by atoms with E-state index in [1.54, 1.807) is 6.07 Å². The average Bonchev–Trinajstić information content (AvgIpc) is 2.34. The van der Waals surface area contributed by atoms with E-state index in [0.717, 1.165) is 18.2 Å². The Balaban J connectivity index is 2.97. The van der Waals surface area contributed by atoms with Gasteiger partial charge in [-0.1, -0.05) is 0 Å². The number of benzene rings is 1. The molecule has 0 aliphatic carbocycles. The van der Waals surface area contributed by atoms with Crippen LogP contribution in [-0.2, 0) is 6.18 Å². The molecule has 0 saturated carbocycles. The van der Waals surface area contributed by atoms with Crippen molar-refractivity contribution in [2.24, 2.45) is 0 Å². The summed E-state index contributed by atoms with van der Waals surface area (Å²) in [5.41, 5.74) is -0.759. The molecule has 1 aromatic rings. The van der Waals surface area contributed by atoms with Crippen LogP contribution in [0.2, 0.25) is 0 Å². The lowest BCUT2D eigenvalue weighted by Gasteiger charge is -2.13. The Morgan fingerprint density at radius 2 is 2.11 bits per heavy atom. The number of hydrogen-bond donors (Lipinski definition) is 2. The lowest BCUT2D eigenvalue weighted by Crippen LogP contribution is -2.21. The molecule has 1 unspecified atom stereocenters. The van der Waals surface area contributed by atoms with Gasteiger partial charge in [0.1, 0.15) is 6.07 Å². The zero-order valence-electron chi connectivity index (χ0n) is 9.13. The third-order valence-electron chi connectivity index (χ3n) is 2.17. The van der Waals surface area contributed by atoms with Crippen LogP contribution in [0.3, 0.4) is 0 Å². The van der Waals surface area contributed by atoms with Crippen LogP contribution in [0, 0.1) is 11.3 Å². The van der Waals surface area contributed by atoms with Crippen molar-refractivity contribution in [3.05, 3.63) is 29.3 Å². The maximum Gasteiger partial charge on any atom is 0.416 e. The van der Waals surface area contributed by atoms with E-state index < -0.39 is 17.8 Å². The largest absolute Gasteiger partial charge is 0.416 e. The fourth-order valence-electron chi connectivity index (χ4n) is 1.25. The van der Waals surface area contributed by atoms with Crippen LogP contribution >= 0.6 is 11.6 Å².